The molecule has 1 aliphatic rings. The van der Waals surface area contributed by atoms with Crippen LogP contribution in [0.1, 0.15) is 31.2 Å². The van der Waals surface area contributed by atoms with Gasteiger partial charge in [0.1, 0.15) is 0 Å². The van der Waals surface area contributed by atoms with Gasteiger partial charge in [0.05, 0.1) is 0 Å². The average molecular weight is 512 g/mol. The molecule has 0 spiro atoms. The van der Waals surface area contributed by atoms with Gasteiger partial charge in [-0.25, -0.2) is 0 Å². The van der Waals surface area contributed by atoms with E-state index in [-0.39, 0.29) is 29.4 Å². The Morgan fingerprint density at radius 3 is 2.61 bits per heavy atom. The zero-order chi connectivity index (χ0) is 15.8. The van der Waals surface area contributed by atoms with Crippen molar-refractivity contribution in [3.63, 3.8) is 0 Å². The molecule has 0 aliphatic heterocycles. The van der Waals surface area contributed by atoms with E-state index in [1.54, 1.807) is 0 Å². The van der Waals surface area contributed by atoms with E-state index in [1.165, 1.54) is 41.5 Å². The number of nitrogens with zero attached hydrogens (tertiary/aromatic N) is 1. The first-order chi connectivity index (χ1) is 10.7. The minimum Gasteiger partial charge on any atom is -0.356 e. The van der Waals surface area contributed by atoms with Crippen LogP contribution in [-0.2, 0) is 5.41 Å². The highest BCUT2D eigenvalue weighted by Gasteiger charge is 2.45. The quantitative estimate of drug-likeness (QED) is 0.235. The van der Waals surface area contributed by atoms with E-state index in [4.69, 9.17) is 0 Å². The Balaban J connectivity index is 0.00000264. The summed E-state index contributed by atoms with van der Waals surface area (Å²) in [5.74, 6) is 2.15. The number of rotatable bonds is 8. The molecule has 0 saturated heterocycles. The highest BCUT2D eigenvalue weighted by molar-refractivity contribution is 14.0. The summed E-state index contributed by atoms with van der Waals surface area (Å²) in [7, 11) is 1.84. The summed E-state index contributed by atoms with van der Waals surface area (Å²) >= 11 is 5.60. The van der Waals surface area contributed by atoms with Gasteiger partial charge in [0.25, 0.3) is 0 Å². The molecule has 3 nitrogen and oxygen atoms in total. The fourth-order valence-corrected chi connectivity index (χ4v) is 3.83. The Morgan fingerprint density at radius 2 is 2.00 bits per heavy atom. The van der Waals surface area contributed by atoms with Crippen molar-refractivity contribution in [1.82, 2.24) is 10.6 Å². The number of nitrogens with one attached hydrogen (secondary N) is 2. The summed E-state index contributed by atoms with van der Waals surface area (Å²) in [6.45, 7) is 1.93. The number of benzene rings is 1. The van der Waals surface area contributed by atoms with Crippen LogP contribution in [0.15, 0.2) is 33.7 Å². The molecule has 130 valence electrons. The molecule has 2 rings (SSSR count). The molecule has 1 aromatic rings. The molecule has 2 N–H and O–H groups in total. The van der Waals surface area contributed by atoms with E-state index >= 15 is 0 Å². The van der Waals surface area contributed by atoms with Crippen LogP contribution in [0.5, 0.6) is 0 Å². The zero-order valence-electron chi connectivity index (χ0n) is 13.9. The standard InChI is InChI=1S/C17H26BrN3S.HI/c1-19-16(20-11-5-6-12-22-2)21-13-17(9-10-17)14-7-3-4-8-15(14)18;/h3-4,7-8H,5-6,9-13H2,1-2H3,(H2,19,20,21);1H. The van der Waals surface area contributed by atoms with Gasteiger partial charge in [-0.15, -0.1) is 24.0 Å². The second kappa shape index (κ2) is 10.8. The molecule has 0 heterocycles. The number of guanidine groups is 1. The van der Waals surface area contributed by atoms with Gasteiger partial charge in [0.15, 0.2) is 5.96 Å². The number of hydrogen-bond acceptors (Lipinski definition) is 2. The van der Waals surface area contributed by atoms with E-state index < -0.39 is 0 Å². The summed E-state index contributed by atoms with van der Waals surface area (Å²) in [5.41, 5.74) is 1.69. The normalized spacial score (nSPS) is 15.7. The molecule has 1 saturated carbocycles. The van der Waals surface area contributed by atoms with Crippen molar-refractivity contribution in [3.05, 3.63) is 34.3 Å². The minimum atomic E-state index is 0. The predicted octanol–water partition coefficient (Wildman–Crippen LogP) is 4.41. The van der Waals surface area contributed by atoms with Crippen LogP contribution in [0.4, 0.5) is 0 Å². The lowest BCUT2D eigenvalue weighted by Gasteiger charge is -2.20. The van der Waals surface area contributed by atoms with Crippen LogP contribution in [-0.4, -0.2) is 38.1 Å². The first-order valence-corrected chi connectivity index (χ1v) is 10.1. The molecular weight excluding hydrogens is 485 g/mol. The Bertz CT molecular complexity index is 506. The van der Waals surface area contributed by atoms with Gasteiger partial charge in [-0.3, -0.25) is 4.99 Å². The number of hydrogen-bond donors (Lipinski definition) is 2. The lowest BCUT2D eigenvalue weighted by Crippen LogP contribution is -2.41. The van der Waals surface area contributed by atoms with Gasteiger partial charge in [0.2, 0.25) is 0 Å². The number of halogens is 2. The Kier molecular flexibility index (Phi) is 9.92. The molecule has 23 heavy (non-hydrogen) atoms. The maximum absolute atomic E-state index is 4.33. The third kappa shape index (κ3) is 6.46. The highest BCUT2D eigenvalue weighted by atomic mass is 127. The summed E-state index contributed by atoms with van der Waals surface area (Å²) in [5, 5.41) is 6.91. The molecule has 6 heteroatoms. The smallest absolute Gasteiger partial charge is 0.191 e. The fourth-order valence-electron chi connectivity index (χ4n) is 2.64. The van der Waals surface area contributed by atoms with Crippen LogP contribution in [0.2, 0.25) is 0 Å². The zero-order valence-corrected chi connectivity index (χ0v) is 18.6. The lowest BCUT2D eigenvalue weighted by molar-refractivity contribution is 0.639. The number of aliphatic imine (C=N–C) groups is 1. The van der Waals surface area contributed by atoms with Gasteiger partial charge in [-0.2, -0.15) is 11.8 Å². The van der Waals surface area contributed by atoms with Crippen LogP contribution in [0, 0.1) is 0 Å². The maximum atomic E-state index is 4.33. The monoisotopic (exact) mass is 511 g/mol. The Hall–Kier alpha value is 0.0500. The third-order valence-electron chi connectivity index (χ3n) is 4.18. The number of unbranched alkanes of at least 4 members (excludes halogenated alkanes) is 1. The second-order valence-corrected chi connectivity index (χ2v) is 7.65. The van der Waals surface area contributed by atoms with Crippen LogP contribution < -0.4 is 10.6 Å². The topological polar surface area (TPSA) is 36.4 Å². The lowest BCUT2D eigenvalue weighted by atomic mass is 9.96. The molecule has 0 unspecified atom stereocenters. The van der Waals surface area contributed by atoms with E-state index in [0.29, 0.717) is 0 Å². The van der Waals surface area contributed by atoms with Crippen LogP contribution >= 0.6 is 51.7 Å². The Morgan fingerprint density at radius 1 is 1.26 bits per heavy atom. The minimum absolute atomic E-state index is 0. The summed E-state index contributed by atoms with van der Waals surface area (Å²) in [4.78, 5) is 4.33. The van der Waals surface area contributed by atoms with E-state index in [1.807, 2.05) is 18.8 Å². The van der Waals surface area contributed by atoms with Crippen molar-refractivity contribution in [3.8, 4) is 0 Å². The molecule has 0 aromatic heterocycles. The van der Waals surface area contributed by atoms with Gasteiger partial charge in [-0.1, -0.05) is 34.1 Å². The molecule has 1 aliphatic carbocycles. The largest absolute Gasteiger partial charge is 0.356 e. The molecule has 0 bridgehead atoms. The first-order valence-electron chi connectivity index (χ1n) is 7.90. The summed E-state index contributed by atoms with van der Waals surface area (Å²) in [6, 6.07) is 8.57. The van der Waals surface area contributed by atoms with Gasteiger partial charge in [-0.05, 0) is 49.3 Å². The molecule has 0 amide bonds. The first kappa shape index (κ1) is 21.1. The molecule has 1 fully saturated rings. The van der Waals surface area contributed by atoms with E-state index in [0.717, 1.165) is 19.0 Å². The molecule has 0 radical (unpaired) electrons. The summed E-state index contributed by atoms with van der Waals surface area (Å²) in [6.07, 6.45) is 7.09. The van der Waals surface area contributed by atoms with Gasteiger partial charge < -0.3 is 10.6 Å². The van der Waals surface area contributed by atoms with Crippen LogP contribution in [0.25, 0.3) is 0 Å². The third-order valence-corrected chi connectivity index (χ3v) is 5.57. The fraction of sp³-hybridized carbons (Fsp3) is 0.588. The van der Waals surface area contributed by atoms with Crippen molar-refractivity contribution in [2.75, 3.05) is 32.1 Å². The SMILES string of the molecule is CN=C(NCCCCSC)NCC1(c2ccccc2Br)CC1.I. The van der Waals surface area contributed by atoms with E-state index in [2.05, 4.69) is 62.1 Å². The van der Waals surface area contributed by atoms with Gasteiger partial charge in [0, 0.05) is 30.0 Å². The highest BCUT2D eigenvalue weighted by Crippen LogP contribution is 2.49. The maximum Gasteiger partial charge on any atom is 0.191 e. The van der Waals surface area contributed by atoms with Gasteiger partial charge >= 0.3 is 0 Å². The Labute approximate surface area is 170 Å². The average Bonchev–Trinajstić information content (AvgIpc) is 3.31. The predicted molar refractivity (Wildman–Crippen MR) is 117 cm³/mol. The molecular formula is C17H27BrIN3S. The van der Waals surface area contributed by atoms with Crippen molar-refractivity contribution < 1.29 is 0 Å². The number of thioether (sulfide) groups is 1. The molecule has 1 aromatic carbocycles. The van der Waals surface area contributed by atoms with Crippen molar-refractivity contribution in [2.24, 2.45) is 4.99 Å². The van der Waals surface area contributed by atoms with Crippen molar-refractivity contribution in [1.29, 1.82) is 0 Å². The molecule has 0 atom stereocenters. The van der Waals surface area contributed by atoms with Crippen LogP contribution in [0.3, 0.4) is 0 Å². The van der Waals surface area contributed by atoms with Crippen molar-refractivity contribution >= 4 is 57.6 Å². The second-order valence-electron chi connectivity index (χ2n) is 5.81. The van der Waals surface area contributed by atoms with E-state index in [9.17, 15) is 0 Å². The van der Waals surface area contributed by atoms with Crippen molar-refractivity contribution in [2.45, 2.75) is 31.1 Å². The summed E-state index contributed by atoms with van der Waals surface area (Å²) < 4.78 is 1.22.